The third kappa shape index (κ3) is 2.28. The number of Topliss-reactive ketones (excluding diaryl/α,β-unsaturated/α-hetero) is 1. The second-order valence-corrected chi connectivity index (χ2v) is 3.37. The van der Waals surface area contributed by atoms with Crippen LogP contribution in [0.2, 0.25) is 0 Å². The molecule has 0 spiro atoms. The minimum atomic E-state index is 0.0748. The van der Waals surface area contributed by atoms with Gasteiger partial charge < -0.3 is 4.98 Å². The van der Waals surface area contributed by atoms with Gasteiger partial charge in [0.05, 0.1) is 6.42 Å². The van der Waals surface area contributed by atoms with Gasteiger partial charge in [0.2, 0.25) is 0 Å². The molecule has 0 saturated heterocycles. The third-order valence-electron chi connectivity index (χ3n) is 2.00. The largest absolute Gasteiger partial charge is 0.325 e. The normalized spacial score (nSPS) is 10.2. The molecule has 0 radical (unpaired) electrons. The predicted octanol–water partition coefficient (Wildman–Crippen LogP) is 1.60. The molecule has 1 heterocycles. The molecule has 0 aliphatic carbocycles. The Morgan fingerprint density at radius 2 is 2.00 bits per heavy atom. The van der Waals surface area contributed by atoms with Crippen LogP contribution in [0.15, 0.2) is 30.3 Å². The smallest absolute Gasteiger partial charge is 0.161 e. The van der Waals surface area contributed by atoms with E-state index in [-0.39, 0.29) is 5.78 Å². The van der Waals surface area contributed by atoms with Gasteiger partial charge >= 0.3 is 0 Å². The van der Waals surface area contributed by atoms with Crippen molar-refractivity contribution in [1.82, 2.24) is 15.2 Å². The van der Waals surface area contributed by atoms with Gasteiger partial charge in [-0.05, 0) is 6.92 Å². The van der Waals surface area contributed by atoms with Crippen LogP contribution in [0.4, 0.5) is 0 Å². The van der Waals surface area contributed by atoms with Crippen LogP contribution in [-0.4, -0.2) is 21.0 Å². The average Bonchev–Trinajstić information content (AvgIpc) is 2.67. The number of hydrogen-bond acceptors (Lipinski definition) is 3. The minimum absolute atomic E-state index is 0.0748. The maximum Gasteiger partial charge on any atom is 0.161 e. The first-order chi connectivity index (χ1) is 7.25. The van der Waals surface area contributed by atoms with Crippen LogP contribution in [0.3, 0.4) is 0 Å². The Balaban J connectivity index is 2.24. The average molecular weight is 201 g/mol. The number of carbonyl (C=O) groups excluding carboxylic acids is 1. The molecule has 1 aromatic carbocycles. The zero-order chi connectivity index (χ0) is 10.7. The summed E-state index contributed by atoms with van der Waals surface area (Å²) in [4.78, 5) is 13.9. The van der Waals surface area contributed by atoms with E-state index in [4.69, 9.17) is 0 Å². The Hall–Kier alpha value is -1.97. The summed E-state index contributed by atoms with van der Waals surface area (Å²) in [6.45, 7) is 1.53. The highest BCUT2D eigenvalue weighted by Crippen LogP contribution is 2.13. The van der Waals surface area contributed by atoms with Gasteiger partial charge in [0.15, 0.2) is 5.82 Å². The second-order valence-electron chi connectivity index (χ2n) is 3.37. The molecule has 0 aliphatic heterocycles. The van der Waals surface area contributed by atoms with Crippen LogP contribution >= 0.6 is 0 Å². The van der Waals surface area contributed by atoms with Crippen molar-refractivity contribution in [3.8, 4) is 11.4 Å². The van der Waals surface area contributed by atoms with Crippen LogP contribution < -0.4 is 0 Å². The Morgan fingerprint density at radius 1 is 1.27 bits per heavy atom. The number of nitrogens with zero attached hydrogens (tertiary/aromatic N) is 2. The molecule has 1 N–H and O–H groups in total. The SMILES string of the molecule is CC(=O)Cc1nnc(-c2ccccc2)[nH]1. The molecule has 4 nitrogen and oxygen atoms in total. The third-order valence-corrected chi connectivity index (χ3v) is 2.00. The number of ketones is 1. The molecule has 0 aliphatic rings. The first-order valence-electron chi connectivity index (χ1n) is 4.72. The molecule has 0 saturated carbocycles. The predicted molar refractivity (Wildman–Crippen MR) is 56.2 cm³/mol. The van der Waals surface area contributed by atoms with Gasteiger partial charge in [0, 0.05) is 5.56 Å². The first kappa shape index (κ1) is 9.58. The Morgan fingerprint density at radius 3 is 2.67 bits per heavy atom. The summed E-state index contributed by atoms with van der Waals surface area (Å²) in [6, 6.07) is 9.69. The standard InChI is InChI=1S/C11H11N3O/c1-8(15)7-10-12-11(14-13-10)9-5-3-2-4-6-9/h2-6H,7H2,1H3,(H,12,13,14). The van der Waals surface area contributed by atoms with E-state index in [9.17, 15) is 4.79 Å². The van der Waals surface area contributed by atoms with E-state index in [0.29, 0.717) is 18.1 Å². The summed E-state index contributed by atoms with van der Waals surface area (Å²) >= 11 is 0. The van der Waals surface area contributed by atoms with Crippen molar-refractivity contribution in [1.29, 1.82) is 0 Å². The summed E-state index contributed by atoms with van der Waals surface area (Å²) < 4.78 is 0. The fourth-order valence-corrected chi connectivity index (χ4v) is 1.34. The number of aromatic nitrogens is 3. The Labute approximate surface area is 87.4 Å². The number of rotatable bonds is 3. The number of aromatic amines is 1. The van der Waals surface area contributed by atoms with Crippen LogP contribution in [0.1, 0.15) is 12.7 Å². The minimum Gasteiger partial charge on any atom is -0.325 e. The van der Waals surface area contributed by atoms with Gasteiger partial charge in [-0.1, -0.05) is 30.3 Å². The highest BCUT2D eigenvalue weighted by molar-refractivity contribution is 5.77. The van der Waals surface area contributed by atoms with E-state index in [2.05, 4.69) is 15.2 Å². The van der Waals surface area contributed by atoms with E-state index in [1.165, 1.54) is 6.92 Å². The Kier molecular flexibility index (Phi) is 2.58. The number of nitrogens with one attached hydrogen (secondary N) is 1. The summed E-state index contributed by atoms with van der Waals surface area (Å²) in [5.74, 6) is 1.39. The summed E-state index contributed by atoms with van der Waals surface area (Å²) in [5.41, 5.74) is 0.972. The number of H-pyrrole nitrogens is 1. The maximum atomic E-state index is 10.9. The molecule has 4 heteroatoms. The molecule has 0 bridgehead atoms. The van der Waals surface area contributed by atoms with E-state index >= 15 is 0 Å². The van der Waals surface area contributed by atoms with Crippen molar-refractivity contribution in [2.75, 3.05) is 0 Å². The van der Waals surface area contributed by atoms with E-state index in [1.54, 1.807) is 0 Å². The number of hydrogen-bond donors (Lipinski definition) is 1. The lowest BCUT2D eigenvalue weighted by Crippen LogP contribution is -1.98. The zero-order valence-electron chi connectivity index (χ0n) is 8.40. The molecule has 2 rings (SSSR count). The van der Waals surface area contributed by atoms with E-state index in [1.807, 2.05) is 30.3 Å². The van der Waals surface area contributed by atoms with Crippen molar-refractivity contribution in [2.24, 2.45) is 0 Å². The monoisotopic (exact) mass is 201 g/mol. The summed E-state index contributed by atoms with van der Waals surface area (Å²) in [7, 11) is 0. The summed E-state index contributed by atoms with van der Waals surface area (Å²) in [6.07, 6.45) is 0.305. The lowest BCUT2D eigenvalue weighted by Gasteiger charge is -1.93. The molecular formula is C11H11N3O. The highest BCUT2D eigenvalue weighted by atomic mass is 16.1. The molecular weight excluding hydrogens is 190 g/mol. The Bertz CT molecular complexity index is 462. The molecule has 76 valence electrons. The van der Waals surface area contributed by atoms with Gasteiger partial charge in [-0.2, -0.15) is 0 Å². The molecule has 15 heavy (non-hydrogen) atoms. The fraction of sp³-hybridized carbons (Fsp3) is 0.182. The zero-order valence-corrected chi connectivity index (χ0v) is 8.40. The van der Waals surface area contributed by atoms with E-state index < -0.39 is 0 Å². The second kappa shape index (κ2) is 4.04. The first-order valence-corrected chi connectivity index (χ1v) is 4.72. The van der Waals surface area contributed by atoms with Gasteiger partial charge in [-0.25, -0.2) is 0 Å². The van der Waals surface area contributed by atoms with E-state index in [0.717, 1.165) is 5.56 Å². The number of benzene rings is 1. The molecule has 2 aromatic rings. The van der Waals surface area contributed by atoms with Gasteiger partial charge in [0.1, 0.15) is 11.6 Å². The lowest BCUT2D eigenvalue weighted by molar-refractivity contribution is -0.116. The lowest BCUT2D eigenvalue weighted by atomic mass is 10.2. The van der Waals surface area contributed by atoms with Crippen LogP contribution in [0.5, 0.6) is 0 Å². The van der Waals surface area contributed by atoms with Crippen molar-refractivity contribution in [3.05, 3.63) is 36.2 Å². The van der Waals surface area contributed by atoms with Crippen molar-refractivity contribution in [3.63, 3.8) is 0 Å². The topological polar surface area (TPSA) is 58.6 Å². The van der Waals surface area contributed by atoms with Crippen molar-refractivity contribution < 1.29 is 4.79 Å². The van der Waals surface area contributed by atoms with Crippen LogP contribution in [-0.2, 0) is 11.2 Å². The maximum absolute atomic E-state index is 10.9. The van der Waals surface area contributed by atoms with Crippen molar-refractivity contribution >= 4 is 5.78 Å². The van der Waals surface area contributed by atoms with Crippen LogP contribution in [0, 0.1) is 0 Å². The molecule has 0 unspecified atom stereocenters. The molecule has 0 atom stereocenters. The molecule has 0 amide bonds. The summed E-state index contributed by atoms with van der Waals surface area (Å²) in [5, 5.41) is 7.89. The van der Waals surface area contributed by atoms with Gasteiger partial charge in [-0.3, -0.25) is 4.79 Å². The van der Waals surface area contributed by atoms with Crippen LogP contribution in [0.25, 0.3) is 11.4 Å². The highest BCUT2D eigenvalue weighted by Gasteiger charge is 2.05. The molecule has 0 fully saturated rings. The van der Waals surface area contributed by atoms with Gasteiger partial charge in [0.25, 0.3) is 0 Å². The van der Waals surface area contributed by atoms with Crippen molar-refractivity contribution in [2.45, 2.75) is 13.3 Å². The number of carbonyl (C=O) groups is 1. The quantitative estimate of drug-likeness (QED) is 0.820. The fourth-order valence-electron chi connectivity index (χ4n) is 1.34. The molecule has 1 aromatic heterocycles. The van der Waals surface area contributed by atoms with Gasteiger partial charge in [-0.15, -0.1) is 10.2 Å².